The Morgan fingerprint density at radius 2 is 1.49 bits per heavy atom. The molecule has 3 aromatic rings. The molecule has 0 unspecified atom stereocenters. The van der Waals surface area contributed by atoms with Crippen molar-refractivity contribution < 1.29 is 18.8 Å². The van der Waals surface area contributed by atoms with Crippen LogP contribution in [0.2, 0.25) is 0 Å². The number of anilines is 1. The lowest BCUT2D eigenvalue weighted by atomic mass is 9.77. The highest BCUT2D eigenvalue weighted by Gasteiger charge is 2.52. The molecule has 2 saturated heterocycles. The van der Waals surface area contributed by atoms with Crippen molar-refractivity contribution in [2.45, 2.75) is 57.5 Å². The van der Waals surface area contributed by atoms with Crippen molar-refractivity contribution in [1.82, 2.24) is 4.90 Å². The third kappa shape index (κ3) is 5.04. The van der Waals surface area contributed by atoms with Crippen LogP contribution in [0.4, 0.5) is 10.5 Å². The van der Waals surface area contributed by atoms with E-state index in [1.807, 2.05) is 4.90 Å². The molecule has 1 aliphatic carbocycles. The Morgan fingerprint density at radius 1 is 0.927 bits per heavy atom. The van der Waals surface area contributed by atoms with E-state index in [2.05, 4.69) is 113 Å². The highest BCUT2D eigenvalue weighted by molar-refractivity contribution is 7.79. The zero-order valence-corrected chi connectivity index (χ0v) is 25.5. The van der Waals surface area contributed by atoms with Gasteiger partial charge in [0.15, 0.2) is 0 Å². The van der Waals surface area contributed by atoms with Gasteiger partial charge in [-0.1, -0.05) is 54.6 Å². The van der Waals surface area contributed by atoms with Gasteiger partial charge in [-0.05, 0) is 79.5 Å². The summed E-state index contributed by atoms with van der Waals surface area (Å²) in [7, 11) is -0.430. The quantitative estimate of drug-likeness (QED) is 0.311. The predicted molar refractivity (Wildman–Crippen MR) is 168 cm³/mol. The van der Waals surface area contributed by atoms with E-state index in [9.17, 15) is 4.79 Å². The van der Waals surface area contributed by atoms with Gasteiger partial charge in [-0.25, -0.2) is 4.79 Å². The second-order valence-corrected chi connectivity index (χ2v) is 12.7. The predicted octanol–water partition coefficient (Wildman–Crippen LogP) is 5.80. The van der Waals surface area contributed by atoms with Crippen molar-refractivity contribution in [2.75, 3.05) is 37.7 Å². The molecule has 0 aromatic heterocycles. The van der Waals surface area contributed by atoms with Crippen LogP contribution in [0.1, 0.15) is 55.9 Å². The molecular formula is C33H39BN2O4S. The Morgan fingerprint density at radius 3 is 2.05 bits per heavy atom. The highest BCUT2D eigenvalue weighted by atomic mass is 32.1. The molecule has 2 fully saturated rings. The summed E-state index contributed by atoms with van der Waals surface area (Å²) in [4.78, 5) is 17.4. The summed E-state index contributed by atoms with van der Waals surface area (Å²) in [6.45, 7) is 13.4. The lowest BCUT2D eigenvalue weighted by molar-refractivity contribution is 0.00578. The van der Waals surface area contributed by atoms with Crippen LogP contribution < -0.4 is 10.4 Å². The van der Waals surface area contributed by atoms with Crippen LogP contribution in [0.3, 0.4) is 0 Å². The summed E-state index contributed by atoms with van der Waals surface area (Å²) in [5.74, 6) is 0.693. The number of carbonyl (C=O) groups is 1. The van der Waals surface area contributed by atoms with Gasteiger partial charge in [0.1, 0.15) is 6.61 Å². The number of rotatable bonds is 5. The number of thiol groups is 1. The molecule has 0 atom stereocenters. The summed E-state index contributed by atoms with van der Waals surface area (Å²) < 4.78 is 18.6. The molecule has 0 spiro atoms. The highest BCUT2D eigenvalue weighted by Crippen LogP contribution is 2.44. The summed E-state index contributed by atoms with van der Waals surface area (Å²) >= 11 is 4.62. The first-order chi connectivity index (χ1) is 19.6. The Balaban J connectivity index is 1.12. The summed E-state index contributed by atoms with van der Waals surface area (Å²) in [5.41, 5.74) is 8.63. The smallest absolute Gasteiger partial charge is 0.448 e. The van der Waals surface area contributed by atoms with Gasteiger partial charge < -0.3 is 23.8 Å². The molecule has 3 aromatic carbocycles. The van der Waals surface area contributed by atoms with Crippen LogP contribution in [-0.2, 0) is 19.8 Å². The zero-order chi connectivity index (χ0) is 28.9. The normalized spacial score (nSPS) is 19.3. The van der Waals surface area contributed by atoms with Gasteiger partial charge in [0.2, 0.25) is 0 Å². The van der Waals surface area contributed by atoms with Crippen LogP contribution in [0, 0.1) is 6.92 Å². The second-order valence-electron chi connectivity index (χ2n) is 12.3. The minimum atomic E-state index is -0.430. The molecule has 8 heteroatoms. The number of nitrogens with zero attached hydrogens (tertiary/aromatic N) is 2. The molecule has 1 amide bonds. The molecule has 6 rings (SSSR count). The molecule has 41 heavy (non-hydrogen) atoms. The fraction of sp³-hybridized carbons (Fsp3) is 0.424. The van der Waals surface area contributed by atoms with Crippen molar-refractivity contribution in [3.05, 3.63) is 82.9 Å². The monoisotopic (exact) mass is 570 g/mol. The molecule has 6 nitrogen and oxygen atoms in total. The third-order valence-corrected chi connectivity index (χ3v) is 9.76. The number of hydrogen-bond acceptors (Lipinski definition) is 6. The van der Waals surface area contributed by atoms with Gasteiger partial charge in [-0.15, -0.1) is 0 Å². The number of ether oxygens (including phenoxy) is 1. The molecule has 0 bridgehead atoms. The van der Waals surface area contributed by atoms with Crippen LogP contribution in [-0.4, -0.2) is 62.1 Å². The lowest BCUT2D eigenvalue weighted by Crippen LogP contribution is -2.49. The van der Waals surface area contributed by atoms with Crippen molar-refractivity contribution in [1.29, 1.82) is 0 Å². The second kappa shape index (κ2) is 10.7. The van der Waals surface area contributed by atoms with E-state index >= 15 is 0 Å². The van der Waals surface area contributed by atoms with E-state index in [0.29, 0.717) is 25.4 Å². The fourth-order valence-electron chi connectivity index (χ4n) is 6.20. The molecule has 3 aliphatic rings. The fourth-order valence-corrected chi connectivity index (χ4v) is 6.53. The first kappa shape index (κ1) is 28.2. The summed E-state index contributed by atoms with van der Waals surface area (Å²) in [6, 6.07) is 21.2. The number of piperazine rings is 1. The zero-order valence-electron chi connectivity index (χ0n) is 24.6. The van der Waals surface area contributed by atoms with Crippen LogP contribution in [0.5, 0.6) is 0 Å². The molecular weight excluding hydrogens is 531 g/mol. The van der Waals surface area contributed by atoms with Gasteiger partial charge in [-0.2, -0.15) is 12.6 Å². The molecule has 0 N–H and O–H groups in total. The van der Waals surface area contributed by atoms with E-state index in [-0.39, 0.29) is 12.0 Å². The van der Waals surface area contributed by atoms with Gasteiger partial charge in [0.25, 0.3) is 0 Å². The van der Waals surface area contributed by atoms with Gasteiger partial charge >= 0.3 is 13.2 Å². The maximum Gasteiger partial charge on any atom is 0.494 e. The van der Waals surface area contributed by atoms with Crippen molar-refractivity contribution in [2.24, 2.45) is 0 Å². The van der Waals surface area contributed by atoms with E-state index < -0.39 is 18.3 Å². The molecule has 214 valence electrons. The van der Waals surface area contributed by atoms with E-state index in [4.69, 9.17) is 14.0 Å². The minimum absolute atomic E-state index is 0.0627. The van der Waals surface area contributed by atoms with Gasteiger partial charge in [0, 0.05) is 43.5 Å². The average molecular weight is 571 g/mol. The maximum atomic E-state index is 13.2. The van der Waals surface area contributed by atoms with Gasteiger partial charge in [-0.3, -0.25) is 0 Å². The Kier molecular flexibility index (Phi) is 7.37. The van der Waals surface area contributed by atoms with Crippen molar-refractivity contribution in [3.63, 3.8) is 0 Å². The average Bonchev–Trinajstić information content (AvgIpc) is 3.40. The summed E-state index contributed by atoms with van der Waals surface area (Å²) in [5, 5.41) is 0. The molecule has 2 aliphatic heterocycles. The maximum absolute atomic E-state index is 13.2. The number of hydrogen-bond donors (Lipinski definition) is 1. The third-order valence-electron chi connectivity index (χ3n) is 9.42. The largest absolute Gasteiger partial charge is 0.494 e. The first-order valence-corrected chi connectivity index (χ1v) is 15.2. The number of carbonyl (C=O) groups excluding carboxylic acids is 1. The number of fused-ring (bicyclic) bond motifs is 3. The lowest BCUT2D eigenvalue weighted by Gasteiger charge is -2.37. The molecule has 0 radical (unpaired) electrons. The Labute approximate surface area is 249 Å². The Bertz CT molecular complexity index is 1410. The van der Waals surface area contributed by atoms with Crippen molar-refractivity contribution >= 4 is 37.0 Å². The molecule has 2 heterocycles. The first-order valence-electron chi connectivity index (χ1n) is 14.5. The van der Waals surface area contributed by atoms with E-state index in [1.165, 1.54) is 27.8 Å². The van der Waals surface area contributed by atoms with E-state index in [1.54, 1.807) is 0 Å². The van der Waals surface area contributed by atoms with Crippen LogP contribution >= 0.6 is 12.6 Å². The number of amides is 1. The van der Waals surface area contributed by atoms with E-state index in [0.717, 1.165) is 29.8 Å². The Hall–Kier alpha value is -2.94. The summed E-state index contributed by atoms with van der Waals surface area (Å²) in [6.07, 6.45) is -0.245. The van der Waals surface area contributed by atoms with Gasteiger partial charge in [0.05, 0.1) is 11.2 Å². The minimum Gasteiger partial charge on any atom is -0.448 e. The van der Waals surface area contributed by atoms with Crippen LogP contribution in [0.15, 0.2) is 60.7 Å². The standard InChI is InChI=1S/C33H39BN2O4S/c1-22-23(21-41)18-24(34-39-32(2,3)33(4,5)40-34)19-30(22)35-14-16-36(17-15-35)31(37)38-20-29-27-12-8-6-10-25(27)26-11-7-9-13-28(26)29/h6-13,18-19,29,41H,14-17,20-21H2,1-5H3. The number of benzene rings is 3. The molecule has 0 saturated carbocycles. The van der Waals surface area contributed by atoms with Crippen LogP contribution in [0.25, 0.3) is 11.1 Å². The topological polar surface area (TPSA) is 51.2 Å². The van der Waals surface area contributed by atoms with Crippen molar-refractivity contribution in [3.8, 4) is 11.1 Å². The SMILES string of the molecule is Cc1c(CS)cc(B2OC(C)(C)C(C)(C)O2)cc1N1CCN(C(=O)OCC2c3ccccc3-c3ccccc32)CC1.